The van der Waals surface area contributed by atoms with E-state index in [1.807, 2.05) is 13.1 Å². The summed E-state index contributed by atoms with van der Waals surface area (Å²) in [4.78, 5) is 20.0. The number of carbonyl (C=O) groups excluding carboxylic acids is 1. The van der Waals surface area contributed by atoms with Crippen molar-refractivity contribution in [3.63, 3.8) is 0 Å². The van der Waals surface area contributed by atoms with Gasteiger partial charge in [0.25, 0.3) is 0 Å². The lowest BCUT2D eigenvalue weighted by Gasteiger charge is -2.07. The lowest BCUT2D eigenvalue weighted by molar-refractivity contribution is 0.103. The van der Waals surface area contributed by atoms with Gasteiger partial charge in [-0.3, -0.25) is 4.79 Å². The number of pyridine rings is 1. The largest absolute Gasteiger partial charge is 0.396 e. The number of nitrogens with zero attached hydrogens (tertiary/aromatic N) is 1. The Kier molecular flexibility index (Phi) is 5.54. The van der Waals surface area contributed by atoms with Crippen molar-refractivity contribution in [3.05, 3.63) is 77.8 Å². The average molecular weight is 382 g/mol. The van der Waals surface area contributed by atoms with E-state index in [1.165, 1.54) is 6.20 Å². The summed E-state index contributed by atoms with van der Waals surface area (Å²) in [7, 11) is 0. The molecule has 28 heavy (non-hydrogen) atoms. The second-order valence-corrected chi connectivity index (χ2v) is 6.24. The van der Waals surface area contributed by atoms with Crippen molar-refractivity contribution in [3.8, 4) is 0 Å². The molecule has 144 valence electrons. The highest BCUT2D eigenvalue weighted by Gasteiger charge is 2.23. The van der Waals surface area contributed by atoms with E-state index in [4.69, 9.17) is 5.73 Å². The maximum atomic E-state index is 14.3. The van der Waals surface area contributed by atoms with Gasteiger partial charge in [0, 0.05) is 41.7 Å². The second-order valence-electron chi connectivity index (χ2n) is 6.24. The summed E-state index contributed by atoms with van der Waals surface area (Å²) in [5, 5.41) is 3.61. The molecule has 0 unspecified atom stereocenters. The fraction of sp³-hybridized carbons (Fsp3) is 0.143. The number of hydrogen-bond acceptors (Lipinski definition) is 4. The summed E-state index contributed by atoms with van der Waals surface area (Å²) in [5.41, 5.74) is 6.56. The molecule has 3 rings (SSSR count). The number of nitrogens with one attached hydrogen (secondary N) is 2. The van der Waals surface area contributed by atoms with E-state index >= 15 is 0 Å². The van der Waals surface area contributed by atoms with E-state index in [0.29, 0.717) is 16.6 Å². The fourth-order valence-corrected chi connectivity index (χ4v) is 2.85. The van der Waals surface area contributed by atoms with Gasteiger partial charge >= 0.3 is 0 Å². The number of aromatic amines is 1. The average Bonchev–Trinajstić information content (AvgIpc) is 3.11. The van der Waals surface area contributed by atoms with Gasteiger partial charge in [-0.25, -0.2) is 13.8 Å². The summed E-state index contributed by atoms with van der Waals surface area (Å²) in [5.74, 6) is -2.84. The summed E-state index contributed by atoms with van der Waals surface area (Å²) >= 11 is 0. The van der Waals surface area contributed by atoms with Crippen molar-refractivity contribution in [1.29, 1.82) is 0 Å². The molecule has 0 saturated carbocycles. The van der Waals surface area contributed by atoms with Crippen LogP contribution in [0, 0.1) is 11.6 Å². The van der Waals surface area contributed by atoms with Crippen LogP contribution in [0.15, 0.2) is 49.4 Å². The number of nitrogens with two attached hydrogens (primary N) is 1. The fourth-order valence-electron chi connectivity index (χ4n) is 2.85. The number of allylic oxidation sites excluding steroid dienone is 2. The molecular weight excluding hydrogens is 362 g/mol. The number of benzene rings is 1. The minimum absolute atomic E-state index is 0.109. The number of anilines is 1. The molecule has 2 aromatic heterocycles. The summed E-state index contributed by atoms with van der Waals surface area (Å²) in [6.07, 6.45) is 7.46. The highest BCUT2D eigenvalue weighted by molar-refractivity contribution is 6.16. The highest BCUT2D eigenvalue weighted by atomic mass is 19.1. The standard InChI is InChI=1S/C21H20F2N4O/c1-3-7-25-9-12(4-2)13-8-14-15(11-27-21(14)26-10-13)20(28)18-16(22)5-6-17(24)19(18)23/h4-6,8-11,25H,2-3,7,24H2,1H3,(H,26,27)/b12-9+. The van der Waals surface area contributed by atoms with Crippen LogP contribution in [0.2, 0.25) is 0 Å². The summed E-state index contributed by atoms with van der Waals surface area (Å²) in [6, 6.07) is 3.79. The summed E-state index contributed by atoms with van der Waals surface area (Å²) in [6.45, 7) is 6.65. The number of carbonyl (C=O) groups is 1. The smallest absolute Gasteiger partial charge is 0.201 e. The van der Waals surface area contributed by atoms with E-state index in [-0.39, 0.29) is 11.3 Å². The molecule has 0 atom stereocenters. The maximum absolute atomic E-state index is 14.3. The van der Waals surface area contributed by atoms with Crippen LogP contribution in [0.5, 0.6) is 0 Å². The van der Waals surface area contributed by atoms with Crippen molar-refractivity contribution in [2.24, 2.45) is 0 Å². The van der Waals surface area contributed by atoms with Gasteiger partial charge in [-0.1, -0.05) is 19.6 Å². The van der Waals surface area contributed by atoms with Gasteiger partial charge in [0.15, 0.2) is 5.82 Å². The van der Waals surface area contributed by atoms with Crippen LogP contribution in [0.4, 0.5) is 14.5 Å². The zero-order chi connectivity index (χ0) is 20.3. The van der Waals surface area contributed by atoms with Crippen molar-refractivity contribution in [1.82, 2.24) is 15.3 Å². The number of H-pyrrole nitrogens is 1. The molecule has 4 N–H and O–H groups in total. The van der Waals surface area contributed by atoms with Crippen molar-refractivity contribution < 1.29 is 13.6 Å². The number of hydrogen-bond donors (Lipinski definition) is 3. The zero-order valence-corrected chi connectivity index (χ0v) is 15.4. The molecule has 3 aromatic rings. The van der Waals surface area contributed by atoms with Crippen LogP contribution in [0.3, 0.4) is 0 Å². The van der Waals surface area contributed by atoms with Gasteiger partial charge < -0.3 is 16.0 Å². The van der Waals surface area contributed by atoms with Gasteiger partial charge in [-0.2, -0.15) is 0 Å². The number of ketones is 1. The third kappa shape index (κ3) is 3.51. The Morgan fingerprint density at radius 1 is 1.39 bits per heavy atom. The Morgan fingerprint density at radius 2 is 2.18 bits per heavy atom. The number of halogens is 2. The number of nitrogen functional groups attached to an aromatic ring is 1. The monoisotopic (exact) mass is 382 g/mol. The first kappa shape index (κ1) is 19.3. The molecule has 0 radical (unpaired) electrons. The van der Waals surface area contributed by atoms with Crippen LogP contribution in [-0.2, 0) is 0 Å². The Morgan fingerprint density at radius 3 is 2.89 bits per heavy atom. The number of fused-ring (bicyclic) bond motifs is 1. The van der Waals surface area contributed by atoms with Crippen LogP contribution < -0.4 is 11.1 Å². The normalized spacial score (nSPS) is 11.6. The van der Waals surface area contributed by atoms with Crippen LogP contribution >= 0.6 is 0 Å². The Bertz CT molecular complexity index is 1090. The van der Waals surface area contributed by atoms with E-state index < -0.39 is 23.0 Å². The molecule has 0 aliphatic carbocycles. The maximum Gasteiger partial charge on any atom is 0.201 e. The van der Waals surface area contributed by atoms with Crippen LogP contribution in [-0.4, -0.2) is 22.3 Å². The molecule has 0 aliphatic heterocycles. The van der Waals surface area contributed by atoms with Gasteiger partial charge in [0.1, 0.15) is 11.5 Å². The minimum atomic E-state index is -1.07. The predicted octanol–water partition coefficient (Wildman–Crippen LogP) is 4.18. The van der Waals surface area contributed by atoms with E-state index in [0.717, 1.165) is 30.7 Å². The molecule has 0 saturated heterocycles. The molecule has 0 amide bonds. The molecular formula is C21H20F2N4O. The van der Waals surface area contributed by atoms with Crippen molar-refractivity contribution >= 4 is 28.1 Å². The number of aromatic nitrogens is 2. The van der Waals surface area contributed by atoms with Crippen molar-refractivity contribution in [2.45, 2.75) is 13.3 Å². The predicted molar refractivity (Wildman–Crippen MR) is 107 cm³/mol. The van der Waals surface area contributed by atoms with Crippen molar-refractivity contribution in [2.75, 3.05) is 12.3 Å². The van der Waals surface area contributed by atoms with E-state index in [1.54, 1.807) is 18.3 Å². The third-order valence-electron chi connectivity index (χ3n) is 4.33. The van der Waals surface area contributed by atoms with Crippen LogP contribution in [0.25, 0.3) is 16.6 Å². The van der Waals surface area contributed by atoms with Gasteiger partial charge in [-0.05, 0) is 30.2 Å². The van der Waals surface area contributed by atoms with E-state index in [9.17, 15) is 13.6 Å². The molecule has 0 aliphatic rings. The first-order chi connectivity index (χ1) is 13.5. The van der Waals surface area contributed by atoms with Gasteiger partial charge in [0.2, 0.25) is 5.78 Å². The number of rotatable bonds is 7. The molecule has 0 spiro atoms. The molecule has 2 heterocycles. The molecule has 7 heteroatoms. The molecule has 0 bridgehead atoms. The molecule has 1 aromatic carbocycles. The van der Waals surface area contributed by atoms with Crippen LogP contribution in [0.1, 0.15) is 34.8 Å². The third-order valence-corrected chi connectivity index (χ3v) is 4.33. The van der Waals surface area contributed by atoms with E-state index in [2.05, 4.69) is 21.9 Å². The highest BCUT2D eigenvalue weighted by Crippen LogP contribution is 2.27. The first-order valence-electron chi connectivity index (χ1n) is 8.79. The quantitative estimate of drug-likeness (QED) is 0.248. The Balaban J connectivity index is 2.09. The topological polar surface area (TPSA) is 83.8 Å². The lowest BCUT2D eigenvalue weighted by atomic mass is 10.00. The SMILES string of the molecule is C=C/C(=C\NCCC)c1cnc2[nH]cc(C(=O)c3c(F)ccc(N)c3F)c2c1. The molecule has 5 nitrogen and oxygen atoms in total. The Hall–Kier alpha value is -3.48. The zero-order valence-electron chi connectivity index (χ0n) is 15.4. The second kappa shape index (κ2) is 8.04. The van der Waals surface area contributed by atoms with Gasteiger partial charge in [0.05, 0.1) is 11.3 Å². The molecule has 0 fully saturated rings. The minimum Gasteiger partial charge on any atom is -0.396 e. The van der Waals surface area contributed by atoms with Gasteiger partial charge in [-0.15, -0.1) is 0 Å². The lowest BCUT2D eigenvalue weighted by Crippen LogP contribution is -2.09. The Labute approximate surface area is 161 Å². The first-order valence-corrected chi connectivity index (χ1v) is 8.79. The summed E-state index contributed by atoms with van der Waals surface area (Å²) < 4.78 is 28.4.